The van der Waals surface area contributed by atoms with Crippen LogP contribution in [0.2, 0.25) is 0 Å². The van der Waals surface area contributed by atoms with E-state index in [9.17, 15) is 19.2 Å². The van der Waals surface area contributed by atoms with Gasteiger partial charge in [0.1, 0.15) is 6.04 Å². The van der Waals surface area contributed by atoms with Crippen LogP contribution in [0.3, 0.4) is 0 Å². The quantitative estimate of drug-likeness (QED) is 0.335. The number of hydrogen-bond acceptors (Lipinski definition) is 9. The SMILES string of the molecule is COOC(=O)C[C@H](NC(=O)[C@H](CC(=O)OOC)NC(C)(C)C)C(=O)O. The van der Waals surface area contributed by atoms with Crippen LogP contribution in [0, 0.1) is 0 Å². The zero-order chi connectivity index (χ0) is 19.6. The molecule has 0 aromatic heterocycles. The highest BCUT2D eigenvalue weighted by Crippen LogP contribution is 2.07. The van der Waals surface area contributed by atoms with E-state index in [1.54, 1.807) is 20.8 Å². The van der Waals surface area contributed by atoms with E-state index >= 15 is 0 Å². The molecular weight excluding hydrogens is 340 g/mol. The number of hydrogen-bond donors (Lipinski definition) is 3. The minimum absolute atomic E-state index is 0.411. The molecule has 0 fully saturated rings. The Morgan fingerprint density at radius 3 is 1.72 bits per heavy atom. The van der Waals surface area contributed by atoms with E-state index in [0.717, 1.165) is 14.2 Å². The molecule has 0 spiro atoms. The van der Waals surface area contributed by atoms with Gasteiger partial charge in [-0.15, -0.1) is 0 Å². The minimum atomic E-state index is -1.56. The number of rotatable bonds is 10. The molecule has 11 heteroatoms. The van der Waals surface area contributed by atoms with Gasteiger partial charge >= 0.3 is 17.9 Å². The highest BCUT2D eigenvalue weighted by molar-refractivity contribution is 5.91. The highest BCUT2D eigenvalue weighted by atomic mass is 17.2. The summed E-state index contributed by atoms with van der Waals surface area (Å²) >= 11 is 0. The highest BCUT2D eigenvalue weighted by Gasteiger charge is 2.31. The summed E-state index contributed by atoms with van der Waals surface area (Å²) in [6, 6.07) is -2.67. The van der Waals surface area contributed by atoms with Gasteiger partial charge in [0.15, 0.2) is 0 Å². The number of nitrogens with one attached hydrogen (secondary N) is 2. The standard InChI is InChI=1S/C14H24N2O9/c1-14(2,3)16-8(6-10(17)24-22-4)12(19)15-9(13(20)21)7-11(18)25-23-5/h8-9,16H,6-7H2,1-5H3,(H,15,19)(H,20,21)/t8-,9-/m0/s1. The van der Waals surface area contributed by atoms with Crippen LogP contribution in [-0.4, -0.2) is 60.8 Å². The van der Waals surface area contributed by atoms with E-state index in [-0.39, 0.29) is 0 Å². The first-order valence-corrected chi connectivity index (χ1v) is 7.28. The second kappa shape index (κ2) is 10.6. The van der Waals surface area contributed by atoms with Gasteiger partial charge in [0.25, 0.3) is 0 Å². The molecular formula is C14H24N2O9. The molecule has 0 aliphatic heterocycles. The lowest BCUT2D eigenvalue weighted by molar-refractivity contribution is -0.256. The maximum atomic E-state index is 12.3. The molecule has 0 rings (SSSR count). The van der Waals surface area contributed by atoms with E-state index in [4.69, 9.17) is 5.11 Å². The monoisotopic (exact) mass is 364 g/mol. The van der Waals surface area contributed by atoms with Gasteiger partial charge in [-0.1, -0.05) is 0 Å². The summed E-state index contributed by atoms with van der Waals surface area (Å²) in [7, 11) is 2.21. The van der Waals surface area contributed by atoms with Crippen LogP contribution in [0.15, 0.2) is 0 Å². The normalized spacial score (nSPS) is 13.5. The number of aliphatic carboxylic acids is 1. The molecule has 3 N–H and O–H groups in total. The average Bonchev–Trinajstić information content (AvgIpc) is 2.44. The number of carboxylic acids is 1. The third-order valence-electron chi connectivity index (χ3n) is 2.63. The molecule has 0 unspecified atom stereocenters. The summed E-state index contributed by atoms with van der Waals surface area (Å²) in [5.74, 6) is -4.06. The number of carbonyl (C=O) groups is 4. The summed E-state index contributed by atoms with van der Waals surface area (Å²) in [4.78, 5) is 63.3. The van der Waals surface area contributed by atoms with Crippen LogP contribution in [-0.2, 0) is 38.7 Å². The lowest BCUT2D eigenvalue weighted by Gasteiger charge is -2.28. The van der Waals surface area contributed by atoms with Crippen molar-refractivity contribution in [1.29, 1.82) is 0 Å². The molecule has 0 aliphatic carbocycles. The number of carbonyl (C=O) groups excluding carboxylic acids is 3. The Kier molecular flexibility index (Phi) is 9.64. The van der Waals surface area contributed by atoms with Gasteiger partial charge < -0.3 is 15.7 Å². The Morgan fingerprint density at radius 1 is 0.920 bits per heavy atom. The zero-order valence-electron chi connectivity index (χ0n) is 14.8. The van der Waals surface area contributed by atoms with Crippen molar-refractivity contribution < 1.29 is 43.8 Å². The molecule has 11 nitrogen and oxygen atoms in total. The molecule has 1 amide bonds. The van der Waals surface area contributed by atoms with E-state index in [1.807, 2.05) is 0 Å². The minimum Gasteiger partial charge on any atom is -0.480 e. The van der Waals surface area contributed by atoms with Crippen LogP contribution in [0.1, 0.15) is 33.6 Å². The van der Waals surface area contributed by atoms with Gasteiger partial charge in [-0.2, -0.15) is 9.78 Å². The Morgan fingerprint density at radius 2 is 1.36 bits per heavy atom. The fourth-order valence-electron chi connectivity index (χ4n) is 1.79. The molecule has 25 heavy (non-hydrogen) atoms. The van der Waals surface area contributed by atoms with Crippen LogP contribution < -0.4 is 10.6 Å². The second-order valence-corrected chi connectivity index (χ2v) is 6.00. The van der Waals surface area contributed by atoms with Crippen LogP contribution in [0.4, 0.5) is 0 Å². The Labute approximate surface area is 144 Å². The van der Waals surface area contributed by atoms with Crippen molar-refractivity contribution in [2.75, 3.05) is 14.2 Å². The average molecular weight is 364 g/mol. The van der Waals surface area contributed by atoms with E-state index in [2.05, 4.69) is 30.2 Å². The summed E-state index contributed by atoms with van der Waals surface area (Å²) in [6.07, 6.45) is -1.06. The molecule has 0 saturated carbocycles. The predicted molar refractivity (Wildman–Crippen MR) is 81.7 cm³/mol. The van der Waals surface area contributed by atoms with Gasteiger partial charge in [0.2, 0.25) is 5.91 Å². The predicted octanol–water partition coefficient (Wildman–Crippen LogP) is -0.698. The van der Waals surface area contributed by atoms with E-state index < -0.39 is 54.3 Å². The summed E-state index contributed by atoms with van der Waals surface area (Å²) in [6.45, 7) is 5.25. The third kappa shape index (κ3) is 10.3. The molecule has 144 valence electrons. The first kappa shape index (κ1) is 22.8. The molecule has 0 aromatic rings. The van der Waals surface area contributed by atoms with Crippen molar-refractivity contribution in [3.8, 4) is 0 Å². The first-order valence-electron chi connectivity index (χ1n) is 7.28. The summed E-state index contributed by atoms with van der Waals surface area (Å²) < 4.78 is 0. The van der Waals surface area contributed by atoms with Crippen LogP contribution in [0.25, 0.3) is 0 Å². The zero-order valence-corrected chi connectivity index (χ0v) is 14.8. The fraction of sp³-hybridized carbons (Fsp3) is 0.714. The Hall–Kier alpha value is -2.24. The van der Waals surface area contributed by atoms with Crippen molar-refractivity contribution in [3.05, 3.63) is 0 Å². The number of amides is 1. The van der Waals surface area contributed by atoms with Crippen LogP contribution in [0.5, 0.6) is 0 Å². The van der Waals surface area contributed by atoms with Crippen molar-refractivity contribution in [2.24, 2.45) is 0 Å². The summed E-state index contributed by atoms with van der Waals surface area (Å²) in [5, 5.41) is 14.2. The van der Waals surface area contributed by atoms with Crippen molar-refractivity contribution in [1.82, 2.24) is 10.6 Å². The lowest BCUT2D eigenvalue weighted by Crippen LogP contribution is -2.55. The topological polar surface area (TPSA) is 149 Å². The number of carboxylic acid groups (broad SMARTS) is 1. The molecule has 0 aromatic carbocycles. The molecule has 2 atom stereocenters. The molecule has 0 aliphatic rings. The lowest BCUT2D eigenvalue weighted by atomic mass is 10.0. The van der Waals surface area contributed by atoms with Gasteiger partial charge in [0, 0.05) is 5.54 Å². The smallest absolute Gasteiger partial charge is 0.345 e. The van der Waals surface area contributed by atoms with Crippen molar-refractivity contribution >= 4 is 23.8 Å². The largest absolute Gasteiger partial charge is 0.480 e. The molecule has 0 radical (unpaired) electrons. The van der Waals surface area contributed by atoms with Gasteiger partial charge in [-0.3, -0.25) is 14.6 Å². The Bertz CT molecular complexity index is 487. The molecule has 0 saturated heterocycles. The fourth-order valence-corrected chi connectivity index (χ4v) is 1.79. The molecule has 0 bridgehead atoms. The van der Waals surface area contributed by atoms with E-state index in [0.29, 0.717) is 0 Å². The maximum absolute atomic E-state index is 12.3. The third-order valence-corrected chi connectivity index (χ3v) is 2.63. The van der Waals surface area contributed by atoms with Crippen molar-refractivity contribution in [2.45, 2.75) is 51.2 Å². The molecule has 0 heterocycles. The second-order valence-electron chi connectivity index (χ2n) is 6.00. The van der Waals surface area contributed by atoms with Crippen molar-refractivity contribution in [3.63, 3.8) is 0 Å². The Balaban J connectivity index is 5.08. The van der Waals surface area contributed by atoms with Crippen LogP contribution >= 0.6 is 0 Å². The maximum Gasteiger partial charge on any atom is 0.345 e. The van der Waals surface area contributed by atoms with Gasteiger partial charge in [0.05, 0.1) is 33.1 Å². The van der Waals surface area contributed by atoms with E-state index in [1.165, 1.54) is 0 Å². The van der Waals surface area contributed by atoms with Gasteiger partial charge in [-0.05, 0) is 20.8 Å². The first-order chi connectivity index (χ1) is 11.5. The summed E-state index contributed by atoms with van der Waals surface area (Å²) in [5.41, 5.74) is -0.566. The van der Waals surface area contributed by atoms with Gasteiger partial charge in [-0.25, -0.2) is 14.4 Å².